The maximum atomic E-state index is 12.1. The number of carbonyl (C=O) groups excluding carboxylic acids is 1. The number of rotatable bonds is 2. The lowest BCUT2D eigenvalue weighted by atomic mass is 10.1. The van der Waals surface area contributed by atoms with E-state index in [1.807, 2.05) is 0 Å². The van der Waals surface area contributed by atoms with Crippen LogP contribution < -0.4 is 4.74 Å². The van der Waals surface area contributed by atoms with Gasteiger partial charge in [0.1, 0.15) is 0 Å². The van der Waals surface area contributed by atoms with Gasteiger partial charge in [-0.1, -0.05) is 11.6 Å². The lowest BCUT2D eigenvalue weighted by molar-refractivity contribution is -0.275. The highest BCUT2D eigenvalue weighted by Crippen LogP contribution is 2.35. The second kappa shape index (κ2) is 4.79. The SMILES string of the molecule is CC(=O)c1ccc(Cl)c(I)c1OC(F)(F)F. The molecule has 88 valence electrons. The third kappa shape index (κ3) is 3.24. The molecule has 0 unspecified atom stereocenters. The summed E-state index contributed by atoms with van der Waals surface area (Å²) in [5.74, 6) is -1.07. The second-order valence-electron chi connectivity index (χ2n) is 2.84. The van der Waals surface area contributed by atoms with Crippen molar-refractivity contribution in [3.05, 3.63) is 26.3 Å². The number of hydrogen-bond donors (Lipinski definition) is 0. The average molecular weight is 364 g/mol. The van der Waals surface area contributed by atoms with Gasteiger partial charge in [-0.15, -0.1) is 13.2 Å². The predicted molar refractivity (Wildman–Crippen MR) is 60.9 cm³/mol. The summed E-state index contributed by atoms with van der Waals surface area (Å²) in [6.07, 6.45) is -4.85. The van der Waals surface area contributed by atoms with Crippen molar-refractivity contribution < 1.29 is 22.7 Å². The molecule has 0 radical (unpaired) electrons. The number of ether oxygens (including phenoxy) is 1. The van der Waals surface area contributed by atoms with E-state index in [0.717, 1.165) is 6.92 Å². The van der Waals surface area contributed by atoms with Crippen molar-refractivity contribution in [2.24, 2.45) is 0 Å². The molecule has 1 aromatic carbocycles. The monoisotopic (exact) mass is 364 g/mol. The second-order valence-corrected chi connectivity index (χ2v) is 4.33. The van der Waals surface area contributed by atoms with E-state index in [4.69, 9.17) is 11.6 Å². The topological polar surface area (TPSA) is 26.3 Å². The van der Waals surface area contributed by atoms with Gasteiger partial charge >= 0.3 is 6.36 Å². The molecule has 0 aromatic heterocycles. The van der Waals surface area contributed by atoms with Gasteiger partial charge in [0.25, 0.3) is 0 Å². The smallest absolute Gasteiger partial charge is 0.404 e. The van der Waals surface area contributed by atoms with Crippen molar-refractivity contribution in [1.29, 1.82) is 0 Å². The molecule has 0 spiro atoms. The fraction of sp³-hybridized carbons (Fsp3) is 0.222. The molecule has 0 saturated heterocycles. The molecule has 0 heterocycles. The summed E-state index contributed by atoms with van der Waals surface area (Å²) in [7, 11) is 0. The number of halogens is 5. The normalized spacial score (nSPS) is 11.4. The summed E-state index contributed by atoms with van der Waals surface area (Å²) < 4.78 is 40.2. The minimum atomic E-state index is -4.85. The molecular weight excluding hydrogens is 359 g/mol. The van der Waals surface area contributed by atoms with Crippen molar-refractivity contribution >= 4 is 40.0 Å². The summed E-state index contributed by atoms with van der Waals surface area (Å²) in [5.41, 5.74) is -0.147. The lowest BCUT2D eigenvalue weighted by Crippen LogP contribution is -2.19. The fourth-order valence-electron chi connectivity index (χ4n) is 1.02. The van der Waals surface area contributed by atoms with Gasteiger partial charge < -0.3 is 4.74 Å². The third-order valence-corrected chi connectivity index (χ3v) is 3.35. The van der Waals surface area contributed by atoms with Crippen molar-refractivity contribution in [1.82, 2.24) is 0 Å². The van der Waals surface area contributed by atoms with Gasteiger partial charge in [0.05, 0.1) is 14.2 Å². The molecule has 1 rings (SSSR count). The Hall–Kier alpha value is -0.500. The van der Waals surface area contributed by atoms with Crippen LogP contribution in [0, 0.1) is 3.57 Å². The molecule has 16 heavy (non-hydrogen) atoms. The number of carbonyl (C=O) groups is 1. The zero-order chi connectivity index (χ0) is 12.5. The quantitative estimate of drug-likeness (QED) is 0.585. The molecule has 0 atom stereocenters. The van der Waals surface area contributed by atoms with Gasteiger partial charge in [0, 0.05) is 0 Å². The van der Waals surface area contributed by atoms with Crippen LogP contribution in [-0.4, -0.2) is 12.1 Å². The lowest BCUT2D eigenvalue weighted by Gasteiger charge is -2.14. The Morgan fingerprint density at radius 3 is 2.44 bits per heavy atom. The Labute approximate surface area is 108 Å². The van der Waals surface area contributed by atoms with E-state index in [1.165, 1.54) is 12.1 Å². The highest BCUT2D eigenvalue weighted by molar-refractivity contribution is 14.1. The molecular formula is C9H5ClF3IO2. The number of Topliss-reactive ketones (excluding diaryl/α,β-unsaturated/α-hetero) is 1. The molecule has 1 aromatic rings. The molecule has 0 aliphatic heterocycles. The first-order valence-electron chi connectivity index (χ1n) is 3.97. The number of alkyl halides is 3. The van der Waals surface area contributed by atoms with E-state index >= 15 is 0 Å². The van der Waals surface area contributed by atoms with E-state index < -0.39 is 17.9 Å². The molecule has 0 amide bonds. The Morgan fingerprint density at radius 2 is 2.00 bits per heavy atom. The average Bonchev–Trinajstić information content (AvgIpc) is 2.10. The van der Waals surface area contributed by atoms with Crippen molar-refractivity contribution in [3.8, 4) is 5.75 Å². The molecule has 0 saturated carbocycles. The molecule has 7 heteroatoms. The molecule has 0 N–H and O–H groups in total. The first-order chi connectivity index (χ1) is 7.22. The predicted octanol–water partition coefficient (Wildman–Crippen LogP) is 4.05. The Kier molecular flexibility index (Phi) is 4.06. The Morgan fingerprint density at radius 1 is 1.44 bits per heavy atom. The van der Waals surface area contributed by atoms with Crippen molar-refractivity contribution in [2.75, 3.05) is 0 Å². The summed E-state index contributed by atoms with van der Waals surface area (Å²) in [6.45, 7) is 1.16. The summed E-state index contributed by atoms with van der Waals surface area (Å²) in [5, 5.41) is 0.102. The van der Waals surface area contributed by atoms with Crippen LogP contribution in [0.2, 0.25) is 5.02 Å². The van der Waals surface area contributed by atoms with Crippen molar-refractivity contribution in [3.63, 3.8) is 0 Å². The van der Waals surface area contributed by atoms with E-state index in [0.29, 0.717) is 0 Å². The van der Waals surface area contributed by atoms with Gasteiger partial charge in [-0.25, -0.2) is 0 Å². The minimum Gasteiger partial charge on any atom is -0.404 e. The molecule has 0 aliphatic carbocycles. The van der Waals surface area contributed by atoms with Crippen LogP contribution >= 0.6 is 34.2 Å². The molecule has 0 aliphatic rings. The number of hydrogen-bond acceptors (Lipinski definition) is 2. The van der Waals surface area contributed by atoms with Crippen LogP contribution in [0.5, 0.6) is 5.75 Å². The van der Waals surface area contributed by atoms with Gasteiger partial charge in [-0.2, -0.15) is 0 Å². The standard InChI is InChI=1S/C9H5ClF3IO2/c1-4(15)5-2-3-6(10)7(14)8(5)16-9(11,12)13/h2-3H,1H3. The zero-order valence-corrected chi connectivity index (χ0v) is 10.8. The highest BCUT2D eigenvalue weighted by Gasteiger charge is 2.34. The maximum absolute atomic E-state index is 12.1. The van der Waals surface area contributed by atoms with E-state index in [-0.39, 0.29) is 14.2 Å². The van der Waals surface area contributed by atoms with Gasteiger partial charge in [0.2, 0.25) is 0 Å². The fourth-order valence-corrected chi connectivity index (χ4v) is 1.75. The zero-order valence-electron chi connectivity index (χ0n) is 7.86. The number of benzene rings is 1. The first-order valence-corrected chi connectivity index (χ1v) is 5.42. The summed E-state index contributed by atoms with van der Waals surface area (Å²) in [6, 6.07) is 2.55. The van der Waals surface area contributed by atoms with Gasteiger partial charge in [-0.05, 0) is 41.6 Å². The number of ketones is 1. The minimum absolute atomic E-state index is 0.0595. The summed E-state index contributed by atoms with van der Waals surface area (Å²) >= 11 is 7.25. The largest absolute Gasteiger partial charge is 0.573 e. The van der Waals surface area contributed by atoms with Gasteiger partial charge in [-0.3, -0.25) is 4.79 Å². The highest BCUT2D eigenvalue weighted by atomic mass is 127. The summed E-state index contributed by atoms with van der Waals surface area (Å²) in [4.78, 5) is 11.1. The van der Waals surface area contributed by atoms with E-state index in [9.17, 15) is 18.0 Å². The molecule has 2 nitrogen and oxygen atoms in total. The molecule has 0 bridgehead atoms. The van der Waals surface area contributed by atoms with E-state index in [1.54, 1.807) is 22.6 Å². The third-order valence-electron chi connectivity index (χ3n) is 1.65. The van der Waals surface area contributed by atoms with Crippen LogP contribution in [-0.2, 0) is 0 Å². The van der Waals surface area contributed by atoms with Crippen LogP contribution in [0.4, 0.5) is 13.2 Å². The van der Waals surface area contributed by atoms with Crippen LogP contribution in [0.3, 0.4) is 0 Å². The first kappa shape index (κ1) is 13.6. The van der Waals surface area contributed by atoms with Gasteiger partial charge in [0.15, 0.2) is 11.5 Å². The molecule has 0 fully saturated rings. The van der Waals surface area contributed by atoms with Crippen LogP contribution in [0.15, 0.2) is 12.1 Å². The van der Waals surface area contributed by atoms with Crippen LogP contribution in [0.1, 0.15) is 17.3 Å². The maximum Gasteiger partial charge on any atom is 0.573 e. The van der Waals surface area contributed by atoms with Crippen LogP contribution in [0.25, 0.3) is 0 Å². The van der Waals surface area contributed by atoms with Crippen molar-refractivity contribution in [2.45, 2.75) is 13.3 Å². The van der Waals surface area contributed by atoms with E-state index in [2.05, 4.69) is 4.74 Å². The Balaban J connectivity index is 3.32. The Bertz CT molecular complexity index is 431.